The molecule has 1 aliphatic heterocycles. The van der Waals surface area contributed by atoms with Gasteiger partial charge in [0, 0.05) is 30.4 Å². The van der Waals surface area contributed by atoms with Gasteiger partial charge in [0.05, 0.1) is 14.2 Å². The molecule has 1 aliphatic carbocycles. The molecule has 0 radical (unpaired) electrons. The number of methoxy groups -OCH3 is 2. The van der Waals surface area contributed by atoms with Crippen molar-refractivity contribution in [1.29, 1.82) is 0 Å². The van der Waals surface area contributed by atoms with Crippen LogP contribution in [0.5, 0.6) is 11.5 Å². The molecule has 0 unspecified atom stereocenters. The molecule has 180 valence electrons. The minimum absolute atomic E-state index is 0.650. The number of hydrogen-bond donors (Lipinski definition) is 0. The van der Waals surface area contributed by atoms with E-state index in [2.05, 4.69) is 53.1 Å². The molecule has 0 saturated carbocycles. The molecule has 0 N–H and O–H groups in total. The topological polar surface area (TPSA) is 24.9 Å². The predicted molar refractivity (Wildman–Crippen MR) is 138 cm³/mol. The molecule has 4 heteroatoms. The summed E-state index contributed by atoms with van der Waals surface area (Å²) in [6.45, 7) is 7.15. The van der Waals surface area contributed by atoms with Gasteiger partial charge in [-0.1, -0.05) is 44.0 Å². The molecule has 33 heavy (non-hydrogen) atoms. The molecule has 1 heterocycles. The highest BCUT2D eigenvalue weighted by molar-refractivity contribution is 5.57. The Kier molecular flexibility index (Phi) is 8.55. The SMILES string of the molecule is CCCN(CCCCCCN1CCc2ccccc21)[C@H]1CCc2c(ccc(OC)c2OC)C1. The van der Waals surface area contributed by atoms with Crippen molar-refractivity contribution in [2.45, 2.75) is 70.8 Å². The van der Waals surface area contributed by atoms with Crippen molar-refractivity contribution < 1.29 is 9.47 Å². The minimum atomic E-state index is 0.650. The Balaban J connectivity index is 1.23. The van der Waals surface area contributed by atoms with Gasteiger partial charge < -0.3 is 19.3 Å². The Morgan fingerprint density at radius 3 is 2.58 bits per heavy atom. The molecule has 2 aliphatic rings. The molecular formula is C29H42N2O2. The lowest BCUT2D eigenvalue weighted by Crippen LogP contribution is -2.40. The maximum atomic E-state index is 5.69. The van der Waals surface area contributed by atoms with Crippen LogP contribution < -0.4 is 14.4 Å². The number of nitrogens with zero attached hydrogens (tertiary/aromatic N) is 2. The van der Waals surface area contributed by atoms with Gasteiger partial charge >= 0.3 is 0 Å². The molecule has 2 aromatic carbocycles. The Labute approximate surface area is 200 Å². The molecule has 0 aromatic heterocycles. The van der Waals surface area contributed by atoms with Crippen LogP contribution in [0.25, 0.3) is 0 Å². The lowest BCUT2D eigenvalue weighted by atomic mass is 9.86. The fourth-order valence-electron chi connectivity index (χ4n) is 5.85. The van der Waals surface area contributed by atoms with Gasteiger partial charge in [-0.3, -0.25) is 0 Å². The molecule has 0 bridgehead atoms. The quantitative estimate of drug-likeness (QED) is 0.376. The highest BCUT2D eigenvalue weighted by atomic mass is 16.5. The number of hydrogen-bond acceptors (Lipinski definition) is 4. The molecule has 2 aromatic rings. The normalized spacial score (nSPS) is 17.2. The van der Waals surface area contributed by atoms with Gasteiger partial charge in [0.15, 0.2) is 11.5 Å². The van der Waals surface area contributed by atoms with E-state index in [1.54, 1.807) is 14.2 Å². The summed E-state index contributed by atoms with van der Waals surface area (Å²) >= 11 is 0. The number of anilines is 1. The van der Waals surface area contributed by atoms with Crippen molar-refractivity contribution in [2.75, 3.05) is 45.3 Å². The number of para-hydroxylation sites is 1. The summed E-state index contributed by atoms with van der Waals surface area (Å²) in [7, 11) is 3.49. The van der Waals surface area contributed by atoms with Crippen LogP contribution in [-0.4, -0.2) is 51.3 Å². The van der Waals surface area contributed by atoms with E-state index in [-0.39, 0.29) is 0 Å². The summed E-state index contributed by atoms with van der Waals surface area (Å²) in [5.41, 5.74) is 5.79. The second-order valence-electron chi connectivity index (χ2n) is 9.65. The van der Waals surface area contributed by atoms with E-state index in [0.29, 0.717) is 6.04 Å². The Morgan fingerprint density at radius 2 is 1.76 bits per heavy atom. The van der Waals surface area contributed by atoms with Gasteiger partial charge in [0.2, 0.25) is 0 Å². The summed E-state index contributed by atoms with van der Waals surface area (Å²) in [6, 6.07) is 13.9. The zero-order valence-electron chi connectivity index (χ0n) is 20.9. The van der Waals surface area contributed by atoms with Crippen molar-refractivity contribution in [1.82, 2.24) is 4.90 Å². The average molecular weight is 451 g/mol. The van der Waals surface area contributed by atoms with Crippen molar-refractivity contribution >= 4 is 5.69 Å². The molecule has 4 nitrogen and oxygen atoms in total. The fraction of sp³-hybridized carbons (Fsp3) is 0.586. The van der Waals surface area contributed by atoms with E-state index in [9.17, 15) is 0 Å². The van der Waals surface area contributed by atoms with E-state index < -0.39 is 0 Å². The highest BCUT2D eigenvalue weighted by Gasteiger charge is 2.27. The first-order valence-electron chi connectivity index (χ1n) is 13.0. The number of fused-ring (bicyclic) bond motifs is 2. The summed E-state index contributed by atoms with van der Waals surface area (Å²) in [4.78, 5) is 5.35. The van der Waals surface area contributed by atoms with E-state index in [4.69, 9.17) is 9.47 Å². The highest BCUT2D eigenvalue weighted by Crippen LogP contribution is 2.38. The summed E-state index contributed by atoms with van der Waals surface area (Å²) in [5.74, 6) is 1.80. The van der Waals surface area contributed by atoms with Crippen molar-refractivity contribution in [3.05, 3.63) is 53.1 Å². The van der Waals surface area contributed by atoms with Gasteiger partial charge in [-0.2, -0.15) is 0 Å². The molecule has 1 atom stereocenters. The third kappa shape index (κ3) is 5.66. The molecule has 0 spiro atoms. The third-order valence-corrected chi connectivity index (χ3v) is 7.56. The van der Waals surface area contributed by atoms with E-state index in [1.165, 1.54) is 93.5 Å². The Morgan fingerprint density at radius 1 is 0.909 bits per heavy atom. The molecular weight excluding hydrogens is 408 g/mol. The third-order valence-electron chi connectivity index (χ3n) is 7.56. The number of unbranched alkanes of at least 4 members (excludes halogenated alkanes) is 3. The maximum absolute atomic E-state index is 5.69. The molecule has 0 saturated heterocycles. The summed E-state index contributed by atoms with van der Waals surface area (Å²) in [6.07, 6.45) is 11.2. The van der Waals surface area contributed by atoms with Crippen LogP contribution in [-0.2, 0) is 19.3 Å². The zero-order valence-corrected chi connectivity index (χ0v) is 20.9. The monoisotopic (exact) mass is 450 g/mol. The summed E-state index contributed by atoms with van der Waals surface area (Å²) in [5, 5.41) is 0. The second-order valence-corrected chi connectivity index (χ2v) is 9.65. The van der Waals surface area contributed by atoms with Gasteiger partial charge in [-0.25, -0.2) is 0 Å². The van der Waals surface area contributed by atoms with E-state index in [0.717, 1.165) is 24.3 Å². The van der Waals surface area contributed by atoms with E-state index >= 15 is 0 Å². The van der Waals surface area contributed by atoms with Gasteiger partial charge in [-0.15, -0.1) is 0 Å². The first-order chi connectivity index (χ1) is 16.2. The summed E-state index contributed by atoms with van der Waals surface area (Å²) < 4.78 is 11.2. The largest absolute Gasteiger partial charge is 0.493 e. The zero-order chi connectivity index (χ0) is 23.0. The standard InChI is InChI=1S/C29H42N2O2/c1-4-18-30(25-14-15-26-24(22-25)13-16-28(32-2)29(26)33-3)19-9-5-6-10-20-31-21-17-23-11-7-8-12-27(23)31/h7-8,11-13,16,25H,4-6,9-10,14-15,17-22H2,1-3H3/t25-/m0/s1. The maximum Gasteiger partial charge on any atom is 0.164 e. The van der Waals surface area contributed by atoms with E-state index in [1.807, 2.05) is 0 Å². The van der Waals surface area contributed by atoms with Crippen LogP contribution in [0, 0.1) is 0 Å². The van der Waals surface area contributed by atoms with Gasteiger partial charge in [0.25, 0.3) is 0 Å². The van der Waals surface area contributed by atoms with Crippen LogP contribution >= 0.6 is 0 Å². The van der Waals surface area contributed by atoms with Gasteiger partial charge in [-0.05, 0) is 81.3 Å². The lowest BCUT2D eigenvalue weighted by molar-refractivity contribution is 0.175. The van der Waals surface area contributed by atoms with Gasteiger partial charge in [0.1, 0.15) is 0 Å². The number of ether oxygens (including phenoxy) is 2. The van der Waals surface area contributed by atoms with Crippen LogP contribution in [0.4, 0.5) is 5.69 Å². The second kappa shape index (κ2) is 11.8. The first-order valence-corrected chi connectivity index (χ1v) is 13.0. The Hall–Kier alpha value is -2.20. The average Bonchev–Trinajstić information content (AvgIpc) is 3.27. The van der Waals surface area contributed by atoms with Crippen molar-refractivity contribution in [2.24, 2.45) is 0 Å². The fourth-order valence-corrected chi connectivity index (χ4v) is 5.85. The number of benzene rings is 2. The van der Waals surface area contributed by atoms with Crippen LogP contribution in [0.1, 0.15) is 62.1 Å². The minimum Gasteiger partial charge on any atom is -0.493 e. The lowest BCUT2D eigenvalue weighted by Gasteiger charge is -2.36. The Bertz CT molecular complexity index is 897. The first kappa shape index (κ1) is 23.9. The van der Waals surface area contributed by atoms with Crippen LogP contribution in [0.2, 0.25) is 0 Å². The van der Waals surface area contributed by atoms with Crippen molar-refractivity contribution in [3.63, 3.8) is 0 Å². The number of rotatable bonds is 12. The smallest absolute Gasteiger partial charge is 0.164 e. The van der Waals surface area contributed by atoms with Crippen molar-refractivity contribution in [3.8, 4) is 11.5 Å². The predicted octanol–water partition coefficient (Wildman–Crippen LogP) is 5.90. The molecule has 0 amide bonds. The van der Waals surface area contributed by atoms with Crippen LogP contribution in [0.15, 0.2) is 36.4 Å². The van der Waals surface area contributed by atoms with Crippen LogP contribution in [0.3, 0.4) is 0 Å². The molecule has 0 fully saturated rings. The molecule has 4 rings (SSSR count).